The number of hydrogen-bond donors (Lipinski definition) is 2. The summed E-state index contributed by atoms with van der Waals surface area (Å²) in [5, 5.41) is 16.4. The summed E-state index contributed by atoms with van der Waals surface area (Å²) in [5.41, 5.74) is 1.23. The van der Waals surface area contributed by atoms with Gasteiger partial charge in [-0.1, -0.05) is 30.3 Å². The Morgan fingerprint density at radius 1 is 0.921 bits per heavy atom. The molecule has 4 heterocycles. The van der Waals surface area contributed by atoms with Gasteiger partial charge in [0.1, 0.15) is 23.7 Å². The van der Waals surface area contributed by atoms with Gasteiger partial charge in [-0.25, -0.2) is 4.39 Å². The van der Waals surface area contributed by atoms with E-state index >= 15 is 4.39 Å². The molecule has 5 aromatic rings. The monoisotopic (exact) mass is 509 g/mol. The van der Waals surface area contributed by atoms with Crippen LogP contribution < -0.4 is 15.0 Å². The van der Waals surface area contributed by atoms with Crippen molar-refractivity contribution in [3.05, 3.63) is 78.9 Å². The number of benzene rings is 3. The number of fused-ring (bicyclic) bond motifs is 4. The van der Waals surface area contributed by atoms with E-state index in [0.29, 0.717) is 47.6 Å². The van der Waals surface area contributed by atoms with Crippen LogP contribution in [0.3, 0.4) is 0 Å². The highest BCUT2D eigenvalue weighted by Gasteiger charge is 2.34. The summed E-state index contributed by atoms with van der Waals surface area (Å²) >= 11 is 0. The van der Waals surface area contributed by atoms with Crippen molar-refractivity contribution < 1.29 is 14.2 Å². The van der Waals surface area contributed by atoms with Crippen LogP contribution in [0.15, 0.2) is 73.1 Å². The first-order chi connectivity index (χ1) is 18.6. The molecule has 0 spiro atoms. The maximum absolute atomic E-state index is 16.4. The van der Waals surface area contributed by atoms with Crippen LogP contribution in [0.25, 0.3) is 32.8 Å². The second kappa shape index (κ2) is 9.29. The van der Waals surface area contributed by atoms with Crippen LogP contribution in [0.4, 0.5) is 10.2 Å². The first-order valence-electron chi connectivity index (χ1n) is 13.1. The zero-order chi connectivity index (χ0) is 25.6. The average molecular weight is 510 g/mol. The number of anilines is 1. The maximum atomic E-state index is 16.4. The van der Waals surface area contributed by atoms with Gasteiger partial charge in [-0.15, -0.1) is 0 Å². The summed E-state index contributed by atoms with van der Waals surface area (Å²) in [5.74, 6) is 0.345. The van der Waals surface area contributed by atoms with Gasteiger partial charge in [0.05, 0.1) is 6.54 Å². The molecule has 7 nitrogen and oxygen atoms in total. The predicted molar refractivity (Wildman–Crippen MR) is 146 cm³/mol. The van der Waals surface area contributed by atoms with Gasteiger partial charge in [-0.05, 0) is 59.5 Å². The molecule has 0 amide bonds. The molecule has 2 N–H and O–H groups in total. The molecule has 2 aromatic heterocycles. The van der Waals surface area contributed by atoms with Gasteiger partial charge in [-0.3, -0.25) is 0 Å². The Balaban J connectivity index is 1.34. The molecular weight excluding hydrogens is 481 g/mol. The molecule has 0 radical (unpaired) electrons. The fourth-order valence-electron chi connectivity index (χ4n) is 5.89. The molecule has 192 valence electrons. The number of rotatable bonds is 6. The van der Waals surface area contributed by atoms with Crippen LogP contribution in [-0.4, -0.2) is 51.4 Å². The van der Waals surface area contributed by atoms with E-state index in [1.54, 1.807) is 18.2 Å². The Bertz CT molecular complexity index is 1630. The van der Waals surface area contributed by atoms with Crippen LogP contribution in [0.2, 0.25) is 0 Å². The number of phenolic OH excluding ortho intramolecular Hbond substituents is 1. The number of phenols is 1. The van der Waals surface area contributed by atoms with Crippen LogP contribution in [0.1, 0.15) is 12.8 Å². The first kappa shape index (κ1) is 23.0. The average Bonchev–Trinajstić information content (AvgIpc) is 3.57. The van der Waals surface area contributed by atoms with Gasteiger partial charge >= 0.3 is 6.01 Å². The highest BCUT2D eigenvalue weighted by atomic mass is 19.1. The third-order valence-electron chi connectivity index (χ3n) is 7.67. The number of aromatic hydroxyl groups is 1. The molecule has 2 atom stereocenters. The Morgan fingerprint density at radius 3 is 2.53 bits per heavy atom. The van der Waals surface area contributed by atoms with Crippen LogP contribution in [0.5, 0.6) is 11.8 Å². The molecule has 2 aliphatic heterocycles. The minimum Gasteiger partial charge on any atom is -0.508 e. The summed E-state index contributed by atoms with van der Waals surface area (Å²) in [6.07, 6.45) is 6.21. The Labute approximate surface area is 219 Å². The summed E-state index contributed by atoms with van der Waals surface area (Å²) in [4.78, 5) is 11.6. The summed E-state index contributed by atoms with van der Waals surface area (Å²) in [7, 11) is 0. The standard InChI is InChI=1S/C30H28FN5O2/c31-27-24(26-16-22(37)15-19-5-1-2-6-23(19)26)9-10-25-28(27)33-30(38-14-13-35-11-3-4-12-35)34-29(25)36-17-20-7-8-21(18-36)32-20/h1-6,9-12,15-16,20-21,32,37H,7-8,13-14,17-18H2/t20-,21+. The fourth-order valence-corrected chi connectivity index (χ4v) is 5.89. The van der Waals surface area contributed by atoms with Crippen molar-refractivity contribution in [2.45, 2.75) is 31.5 Å². The van der Waals surface area contributed by atoms with Gasteiger partial charge in [0.2, 0.25) is 0 Å². The van der Waals surface area contributed by atoms with Crippen LogP contribution >= 0.6 is 0 Å². The lowest BCUT2D eigenvalue weighted by molar-refractivity contribution is 0.276. The Hall–Kier alpha value is -4.17. The van der Waals surface area contributed by atoms with E-state index in [0.717, 1.165) is 36.7 Å². The summed E-state index contributed by atoms with van der Waals surface area (Å²) in [6, 6.07) is 19.5. The quantitative estimate of drug-likeness (QED) is 0.331. The van der Waals surface area contributed by atoms with E-state index < -0.39 is 5.82 Å². The Kier molecular flexibility index (Phi) is 5.62. The number of hydrogen-bond acceptors (Lipinski definition) is 6. The smallest absolute Gasteiger partial charge is 0.319 e. The second-order valence-electron chi connectivity index (χ2n) is 10.2. The third kappa shape index (κ3) is 4.11. The van der Waals surface area contributed by atoms with Gasteiger partial charge in [-0.2, -0.15) is 9.97 Å². The number of ether oxygens (including phenoxy) is 1. The molecule has 2 bridgehead atoms. The SMILES string of the molecule is Oc1cc(-c2ccc3c(N4C[C@H]5CC[C@@H](C4)N5)nc(OCCn4cccc4)nc3c2F)c2ccccc2c1. The molecule has 0 saturated carbocycles. The minimum absolute atomic E-state index is 0.0897. The number of halogens is 1. The van der Waals surface area contributed by atoms with Crippen molar-refractivity contribution in [1.82, 2.24) is 19.9 Å². The van der Waals surface area contributed by atoms with Gasteiger partial charge < -0.3 is 24.6 Å². The molecule has 7 rings (SSSR count). The van der Waals surface area contributed by atoms with Gasteiger partial charge in [0.25, 0.3) is 0 Å². The van der Waals surface area contributed by atoms with E-state index in [1.807, 2.05) is 59.4 Å². The first-order valence-corrected chi connectivity index (χ1v) is 13.1. The van der Waals surface area contributed by atoms with E-state index in [4.69, 9.17) is 9.72 Å². The maximum Gasteiger partial charge on any atom is 0.319 e. The van der Waals surface area contributed by atoms with Crippen LogP contribution in [-0.2, 0) is 6.54 Å². The molecular formula is C30H28FN5O2. The van der Waals surface area contributed by atoms with Gasteiger partial charge in [0, 0.05) is 48.5 Å². The van der Waals surface area contributed by atoms with E-state index in [9.17, 15) is 5.11 Å². The molecule has 8 heteroatoms. The van der Waals surface area contributed by atoms with Crippen molar-refractivity contribution in [1.29, 1.82) is 0 Å². The largest absolute Gasteiger partial charge is 0.508 e. The predicted octanol–water partition coefficient (Wildman–Crippen LogP) is 5.12. The molecule has 2 fully saturated rings. The normalized spacial score (nSPS) is 18.9. The number of nitrogens with one attached hydrogen (secondary N) is 1. The lowest BCUT2D eigenvalue weighted by atomic mass is 9.96. The van der Waals surface area contributed by atoms with Crippen LogP contribution in [0, 0.1) is 5.82 Å². The fraction of sp³-hybridized carbons (Fsp3) is 0.267. The molecule has 0 unspecified atom stereocenters. The second-order valence-corrected chi connectivity index (χ2v) is 10.2. The molecule has 38 heavy (non-hydrogen) atoms. The van der Waals surface area contributed by atoms with Crippen molar-refractivity contribution in [3.63, 3.8) is 0 Å². The minimum atomic E-state index is -0.449. The zero-order valence-electron chi connectivity index (χ0n) is 20.8. The van der Waals surface area contributed by atoms with Crippen molar-refractivity contribution in [2.24, 2.45) is 0 Å². The third-order valence-corrected chi connectivity index (χ3v) is 7.67. The van der Waals surface area contributed by atoms with E-state index in [2.05, 4.69) is 15.2 Å². The molecule has 3 aromatic carbocycles. The highest BCUT2D eigenvalue weighted by Crippen LogP contribution is 2.38. The zero-order valence-corrected chi connectivity index (χ0v) is 20.8. The van der Waals surface area contributed by atoms with Crippen molar-refractivity contribution in [2.75, 3.05) is 24.6 Å². The van der Waals surface area contributed by atoms with E-state index in [-0.39, 0.29) is 17.3 Å². The number of aromatic nitrogens is 3. The van der Waals surface area contributed by atoms with Crippen molar-refractivity contribution >= 4 is 27.5 Å². The molecule has 2 aliphatic rings. The van der Waals surface area contributed by atoms with Crippen molar-refractivity contribution in [3.8, 4) is 22.9 Å². The molecule has 2 saturated heterocycles. The summed E-state index contributed by atoms with van der Waals surface area (Å²) < 4.78 is 24.4. The topological polar surface area (TPSA) is 75.4 Å². The number of nitrogens with zero attached hydrogens (tertiary/aromatic N) is 4. The van der Waals surface area contributed by atoms with E-state index in [1.165, 1.54) is 0 Å². The lowest BCUT2D eigenvalue weighted by Gasteiger charge is -2.34. The summed E-state index contributed by atoms with van der Waals surface area (Å²) in [6.45, 7) is 2.63. The molecule has 0 aliphatic carbocycles. The number of piperazine rings is 1. The highest BCUT2D eigenvalue weighted by molar-refractivity contribution is 6.01. The van der Waals surface area contributed by atoms with Gasteiger partial charge in [0.15, 0.2) is 5.82 Å². The Morgan fingerprint density at radius 2 is 1.71 bits per heavy atom. The lowest BCUT2D eigenvalue weighted by Crippen LogP contribution is -2.51.